The van der Waals surface area contributed by atoms with Gasteiger partial charge in [0.1, 0.15) is 0 Å². The van der Waals surface area contributed by atoms with Crippen LogP contribution in [0.25, 0.3) is 0 Å². The average Bonchev–Trinajstić information content (AvgIpc) is 2.45. The van der Waals surface area contributed by atoms with Crippen molar-refractivity contribution in [1.82, 2.24) is 10.2 Å². The summed E-state index contributed by atoms with van der Waals surface area (Å²) in [6, 6.07) is 8.98. The summed E-state index contributed by atoms with van der Waals surface area (Å²) in [5.41, 5.74) is 1.27. The molecule has 1 fully saturated rings. The topological polar surface area (TPSA) is 24.5 Å². The third-order valence-corrected chi connectivity index (χ3v) is 4.06. The molecular formula is C15H23ClN2O. The monoisotopic (exact) mass is 282 g/mol. The van der Waals surface area contributed by atoms with E-state index in [1.54, 1.807) is 0 Å². The minimum Gasteiger partial charge on any atom is -0.379 e. The maximum absolute atomic E-state index is 6.05. The number of halogens is 1. The number of hydrogen-bond acceptors (Lipinski definition) is 3. The predicted molar refractivity (Wildman–Crippen MR) is 79.7 cm³/mol. The summed E-state index contributed by atoms with van der Waals surface area (Å²) >= 11 is 6.05. The van der Waals surface area contributed by atoms with Gasteiger partial charge in [-0.1, -0.05) is 23.7 Å². The van der Waals surface area contributed by atoms with Crippen LogP contribution in [-0.2, 0) is 4.74 Å². The van der Waals surface area contributed by atoms with E-state index in [0.717, 1.165) is 37.7 Å². The Kier molecular flexibility index (Phi) is 5.64. The molecule has 1 aliphatic heterocycles. The first-order valence-corrected chi connectivity index (χ1v) is 7.31. The van der Waals surface area contributed by atoms with E-state index >= 15 is 0 Å². The Hall–Kier alpha value is -0.610. The Morgan fingerprint density at radius 2 is 2.37 bits per heavy atom. The van der Waals surface area contributed by atoms with Crippen LogP contribution in [0.15, 0.2) is 24.3 Å². The number of benzene rings is 1. The number of rotatable bonds is 5. The molecule has 0 aromatic heterocycles. The van der Waals surface area contributed by atoms with Crippen LogP contribution in [0.5, 0.6) is 0 Å². The quantitative estimate of drug-likeness (QED) is 0.899. The molecule has 1 N–H and O–H groups in total. The second kappa shape index (κ2) is 7.25. The first kappa shape index (κ1) is 14.8. The molecule has 0 radical (unpaired) electrons. The van der Waals surface area contributed by atoms with Gasteiger partial charge in [-0.15, -0.1) is 0 Å². The molecule has 1 aromatic rings. The lowest BCUT2D eigenvalue weighted by atomic mass is 10.1. The van der Waals surface area contributed by atoms with Crippen LogP contribution in [-0.4, -0.2) is 44.3 Å². The Morgan fingerprint density at radius 1 is 1.53 bits per heavy atom. The van der Waals surface area contributed by atoms with Gasteiger partial charge in [-0.2, -0.15) is 0 Å². The van der Waals surface area contributed by atoms with Gasteiger partial charge in [0.05, 0.1) is 13.2 Å². The number of nitrogens with zero attached hydrogens (tertiary/aromatic N) is 1. The van der Waals surface area contributed by atoms with Crippen molar-refractivity contribution in [3.05, 3.63) is 34.9 Å². The molecule has 0 aliphatic carbocycles. The molecule has 2 atom stereocenters. The van der Waals surface area contributed by atoms with E-state index in [9.17, 15) is 0 Å². The van der Waals surface area contributed by atoms with Gasteiger partial charge in [-0.05, 0) is 44.6 Å². The molecule has 1 aromatic carbocycles. The van der Waals surface area contributed by atoms with E-state index in [0.29, 0.717) is 12.1 Å². The molecule has 2 unspecified atom stereocenters. The second-order valence-electron chi connectivity index (χ2n) is 5.23. The highest BCUT2D eigenvalue weighted by atomic mass is 35.5. The van der Waals surface area contributed by atoms with Crippen LogP contribution in [0.3, 0.4) is 0 Å². The highest BCUT2D eigenvalue weighted by Gasteiger charge is 2.16. The lowest BCUT2D eigenvalue weighted by molar-refractivity contribution is 0.0695. The summed E-state index contributed by atoms with van der Waals surface area (Å²) in [6.45, 7) is 5.91. The van der Waals surface area contributed by atoms with E-state index in [1.807, 2.05) is 18.2 Å². The van der Waals surface area contributed by atoms with E-state index in [1.165, 1.54) is 5.56 Å². The smallest absolute Gasteiger partial charge is 0.0620 e. The summed E-state index contributed by atoms with van der Waals surface area (Å²) in [5.74, 6) is 0. The fourth-order valence-electron chi connectivity index (χ4n) is 2.38. The SMILES string of the molecule is CC(c1cccc(Cl)c1)N(C)CCC1COCCN1. The van der Waals surface area contributed by atoms with Gasteiger partial charge >= 0.3 is 0 Å². The van der Waals surface area contributed by atoms with Gasteiger partial charge in [-0.3, -0.25) is 4.90 Å². The molecule has 3 nitrogen and oxygen atoms in total. The van der Waals surface area contributed by atoms with Crippen molar-refractivity contribution in [2.75, 3.05) is 33.4 Å². The normalized spacial score (nSPS) is 21.6. The molecule has 1 heterocycles. The molecule has 0 bridgehead atoms. The molecule has 106 valence electrons. The van der Waals surface area contributed by atoms with Crippen molar-refractivity contribution in [3.8, 4) is 0 Å². The van der Waals surface area contributed by atoms with Crippen LogP contribution in [0.4, 0.5) is 0 Å². The van der Waals surface area contributed by atoms with Gasteiger partial charge in [0.2, 0.25) is 0 Å². The lowest BCUT2D eigenvalue weighted by Crippen LogP contribution is -2.43. The molecule has 0 saturated carbocycles. The second-order valence-corrected chi connectivity index (χ2v) is 5.66. The van der Waals surface area contributed by atoms with E-state index in [4.69, 9.17) is 16.3 Å². The number of ether oxygens (including phenoxy) is 1. The molecule has 1 aliphatic rings. The number of morpholine rings is 1. The Labute approximate surface area is 120 Å². The van der Waals surface area contributed by atoms with Gasteiger partial charge in [0.15, 0.2) is 0 Å². The molecule has 1 saturated heterocycles. The first-order chi connectivity index (χ1) is 9.16. The van der Waals surface area contributed by atoms with Crippen LogP contribution in [0.1, 0.15) is 24.9 Å². The minimum absolute atomic E-state index is 0.378. The van der Waals surface area contributed by atoms with Gasteiger partial charge in [-0.25, -0.2) is 0 Å². The zero-order valence-corrected chi connectivity index (χ0v) is 12.5. The number of hydrogen-bond donors (Lipinski definition) is 1. The Morgan fingerprint density at radius 3 is 3.05 bits per heavy atom. The van der Waals surface area contributed by atoms with Crippen molar-refractivity contribution in [1.29, 1.82) is 0 Å². The maximum Gasteiger partial charge on any atom is 0.0620 e. The molecule has 19 heavy (non-hydrogen) atoms. The van der Waals surface area contributed by atoms with E-state index in [2.05, 4.69) is 30.3 Å². The summed E-state index contributed by atoms with van der Waals surface area (Å²) in [5, 5.41) is 4.30. The highest BCUT2D eigenvalue weighted by molar-refractivity contribution is 6.30. The van der Waals surface area contributed by atoms with Crippen LogP contribution in [0.2, 0.25) is 5.02 Å². The minimum atomic E-state index is 0.378. The first-order valence-electron chi connectivity index (χ1n) is 6.93. The predicted octanol–water partition coefficient (Wildman–Crippen LogP) is 2.71. The van der Waals surface area contributed by atoms with Crippen molar-refractivity contribution < 1.29 is 4.74 Å². The zero-order chi connectivity index (χ0) is 13.7. The largest absolute Gasteiger partial charge is 0.379 e. The fourth-order valence-corrected chi connectivity index (χ4v) is 2.58. The summed E-state index contributed by atoms with van der Waals surface area (Å²) in [4.78, 5) is 2.36. The highest BCUT2D eigenvalue weighted by Crippen LogP contribution is 2.22. The zero-order valence-electron chi connectivity index (χ0n) is 11.7. The van der Waals surface area contributed by atoms with Crippen molar-refractivity contribution in [3.63, 3.8) is 0 Å². The molecule has 0 amide bonds. The maximum atomic E-state index is 6.05. The summed E-state index contributed by atoms with van der Waals surface area (Å²) < 4.78 is 5.48. The van der Waals surface area contributed by atoms with Crippen LogP contribution in [0, 0.1) is 0 Å². The third-order valence-electron chi connectivity index (χ3n) is 3.82. The Balaban J connectivity index is 1.83. The van der Waals surface area contributed by atoms with Crippen molar-refractivity contribution in [2.24, 2.45) is 0 Å². The van der Waals surface area contributed by atoms with Crippen molar-refractivity contribution in [2.45, 2.75) is 25.4 Å². The standard InChI is InChI=1S/C15H23ClN2O/c1-12(13-4-3-5-14(16)10-13)18(2)8-6-15-11-19-9-7-17-15/h3-5,10,12,15,17H,6-9,11H2,1-2H3. The van der Waals surface area contributed by atoms with Gasteiger partial charge in [0.25, 0.3) is 0 Å². The number of nitrogens with one attached hydrogen (secondary N) is 1. The van der Waals surface area contributed by atoms with Gasteiger partial charge < -0.3 is 10.1 Å². The lowest BCUT2D eigenvalue weighted by Gasteiger charge is -2.29. The van der Waals surface area contributed by atoms with Crippen LogP contribution >= 0.6 is 11.6 Å². The molecule has 2 rings (SSSR count). The molecule has 0 spiro atoms. The van der Waals surface area contributed by atoms with Crippen LogP contribution < -0.4 is 5.32 Å². The Bertz CT molecular complexity index is 393. The summed E-state index contributed by atoms with van der Waals surface area (Å²) in [7, 11) is 2.16. The van der Waals surface area contributed by atoms with Crippen molar-refractivity contribution >= 4 is 11.6 Å². The fraction of sp³-hybridized carbons (Fsp3) is 0.600. The van der Waals surface area contributed by atoms with E-state index < -0.39 is 0 Å². The summed E-state index contributed by atoms with van der Waals surface area (Å²) in [6.07, 6.45) is 1.11. The third kappa shape index (κ3) is 4.46. The average molecular weight is 283 g/mol. The molecule has 4 heteroatoms. The van der Waals surface area contributed by atoms with E-state index in [-0.39, 0.29) is 0 Å². The van der Waals surface area contributed by atoms with Gasteiger partial charge in [0, 0.05) is 23.7 Å². The molecular weight excluding hydrogens is 260 g/mol.